The Morgan fingerprint density at radius 3 is 2.58 bits per heavy atom. The topological polar surface area (TPSA) is 72.2 Å². The molecule has 6 heteroatoms. The zero-order chi connectivity index (χ0) is 13.9. The number of nitrogens with two attached hydrogens (primary N) is 1. The SMILES string of the molecule is Nc1ccc(NS(=O)(=O)CC2CCCCC2)cc1F. The minimum absolute atomic E-state index is 0.00947. The van der Waals surface area contributed by atoms with Gasteiger partial charge in [-0.15, -0.1) is 0 Å². The van der Waals surface area contributed by atoms with Crippen molar-refractivity contribution in [1.82, 2.24) is 0 Å². The van der Waals surface area contributed by atoms with E-state index in [2.05, 4.69) is 4.72 Å². The van der Waals surface area contributed by atoms with Crippen molar-refractivity contribution in [3.63, 3.8) is 0 Å². The molecule has 1 aliphatic carbocycles. The van der Waals surface area contributed by atoms with Crippen LogP contribution >= 0.6 is 0 Å². The van der Waals surface area contributed by atoms with Crippen LogP contribution in [0.1, 0.15) is 32.1 Å². The highest BCUT2D eigenvalue weighted by Gasteiger charge is 2.21. The van der Waals surface area contributed by atoms with Crippen LogP contribution in [0, 0.1) is 11.7 Å². The lowest BCUT2D eigenvalue weighted by molar-refractivity contribution is 0.385. The summed E-state index contributed by atoms with van der Waals surface area (Å²) in [5.74, 6) is -0.290. The van der Waals surface area contributed by atoms with Gasteiger partial charge in [0.05, 0.1) is 17.1 Å². The van der Waals surface area contributed by atoms with Crippen LogP contribution in [0.25, 0.3) is 0 Å². The van der Waals surface area contributed by atoms with Gasteiger partial charge in [0.15, 0.2) is 0 Å². The third-order valence-electron chi connectivity index (χ3n) is 3.45. The smallest absolute Gasteiger partial charge is 0.232 e. The van der Waals surface area contributed by atoms with Crippen LogP contribution in [0.2, 0.25) is 0 Å². The molecule has 0 radical (unpaired) electrons. The van der Waals surface area contributed by atoms with E-state index < -0.39 is 15.8 Å². The molecule has 1 aliphatic rings. The van der Waals surface area contributed by atoms with E-state index in [0.29, 0.717) is 0 Å². The summed E-state index contributed by atoms with van der Waals surface area (Å²) in [6.07, 6.45) is 5.29. The third-order valence-corrected chi connectivity index (χ3v) is 4.91. The van der Waals surface area contributed by atoms with E-state index in [1.54, 1.807) is 0 Å². The first-order chi connectivity index (χ1) is 8.96. The Morgan fingerprint density at radius 1 is 1.26 bits per heavy atom. The van der Waals surface area contributed by atoms with Crippen molar-refractivity contribution in [2.45, 2.75) is 32.1 Å². The molecule has 0 saturated heterocycles. The molecule has 19 heavy (non-hydrogen) atoms. The highest BCUT2D eigenvalue weighted by Crippen LogP contribution is 2.25. The van der Waals surface area contributed by atoms with Crippen molar-refractivity contribution in [2.24, 2.45) is 5.92 Å². The molecule has 0 bridgehead atoms. The molecule has 0 spiro atoms. The van der Waals surface area contributed by atoms with Gasteiger partial charge >= 0.3 is 0 Å². The average molecular weight is 286 g/mol. The molecule has 0 atom stereocenters. The summed E-state index contributed by atoms with van der Waals surface area (Å²) in [5.41, 5.74) is 5.58. The van der Waals surface area contributed by atoms with Crippen molar-refractivity contribution >= 4 is 21.4 Å². The van der Waals surface area contributed by atoms with Crippen LogP contribution in [-0.2, 0) is 10.0 Å². The van der Waals surface area contributed by atoms with Crippen LogP contribution in [0.3, 0.4) is 0 Å². The highest BCUT2D eigenvalue weighted by atomic mass is 32.2. The Morgan fingerprint density at radius 2 is 1.95 bits per heavy atom. The summed E-state index contributed by atoms with van der Waals surface area (Å²) in [5, 5.41) is 0. The lowest BCUT2D eigenvalue weighted by atomic mass is 9.91. The molecule has 0 heterocycles. The Labute approximate surface area is 113 Å². The largest absolute Gasteiger partial charge is 0.396 e. The summed E-state index contributed by atoms with van der Waals surface area (Å²) in [7, 11) is -3.42. The summed E-state index contributed by atoms with van der Waals surface area (Å²) in [6.45, 7) is 0. The van der Waals surface area contributed by atoms with Gasteiger partial charge in [-0.1, -0.05) is 19.3 Å². The maximum Gasteiger partial charge on any atom is 0.232 e. The van der Waals surface area contributed by atoms with Gasteiger partial charge in [0.25, 0.3) is 0 Å². The predicted octanol–water partition coefficient (Wildman–Crippen LogP) is 2.73. The van der Waals surface area contributed by atoms with Crippen LogP contribution in [0.5, 0.6) is 0 Å². The zero-order valence-electron chi connectivity index (χ0n) is 10.7. The molecule has 1 saturated carbocycles. The molecule has 0 amide bonds. The van der Waals surface area contributed by atoms with Crippen molar-refractivity contribution in [1.29, 1.82) is 0 Å². The summed E-state index contributed by atoms with van der Waals surface area (Å²) in [4.78, 5) is 0. The van der Waals surface area contributed by atoms with Gasteiger partial charge in [-0.25, -0.2) is 12.8 Å². The number of hydrogen-bond donors (Lipinski definition) is 2. The fourth-order valence-corrected chi connectivity index (χ4v) is 4.00. The number of nitrogens with one attached hydrogen (secondary N) is 1. The number of sulfonamides is 1. The lowest BCUT2D eigenvalue weighted by Gasteiger charge is -2.21. The molecule has 2 rings (SSSR count). The Balaban J connectivity index is 2.01. The van der Waals surface area contributed by atoms with Crippen molar-refractivity contribution in [3.8, 4) is 0 Å². The molecule has 0 aromatic heterocycles. The molecule has 1 aromatic carbocycles. The van der Waals surface area contributed by atoms with Gasteiger partial charge in [-0.3, -0.25) is 4.72 Å². The van der Waals surface area contributed by atoms with E-state index in [0.717, 1.165) is 31.7 Å². The summed E-state index contributed by atoms with van der Waals surface area (Å²) < 4.78 is 39.7. The fourth-order valence-electron chi connectivity index (χ4n) is 2.48. The monoisotopic (exact) mass is 286 g/mol. The maximum atomic E-state index is 13.3. The van der Waals surface area contributed by atoms with Gasteiger partial charge in [-0.2, -0.15) is 0 Å². The third kappa shape index (κ3) is 4.09. The quantitative estimate of drug-likeness (QED) is 0.836. The first-order valence-electron chi connectivity index (χ1n) is 6.52. The second kappa shape index (κ2) is 5.77. The molecular weight excluding hydrogens is 267 g/mol. The van der Waals surface area contributed by atoms with E-state index in [1.165, 1.54) is 18.6 Å². The number of anilines is 2. The molecule has 0 aliphatic heterocycles. The highest BCUT2D eigenvalue weighted by molar-refractivity contribution is 7.92. The van der Waals surface area contributed by atoms with Crippen LogP contribution in [0.15, 0.2) is 18.2 Å². The molecule has 3 N–H and O–H groups in total. The average Bonchev–Trinajstić information content (AvgIpc) is 2.34. The van der Waals surface area contributed by atoms with Gasteiger partial charge in [0.1, 0.15) is 5.82 Å². The number of nitrogen functional groups attached to an aromatic ring is 1. The van der Waals surface area contributed by atoms with Crippen LogP contribution in [0.4, 0.5) is 15.8 Å². The van der Waals surface area contributed by atoms with Gasteiger partial charge < -0.3 is 5.73 Å². The normalized spacial score (nSPS) is 17.3. The standard InChI is InChI=1S/C13H19FN2O2S/c14-12-8-11(6-7-13(12)15)16-19(17,18)9-10-4-2-1-3-5-10/h6-8,10,16H,1-5,9,15H2. The lowest BCUT2D eigenvalue weighted by Crippen LogP contribution is -2.24. The molecule has 0 unspecified atom stereocenters. The second-order valence-electron chi connectivity index (χ2n) is 5.12. The van der Waals surface area contributed by atoms with E-state index >= 15 is 0 Å². The summed E-state index contributed by atoms with van der Waals surface area (Å²) in [6, 6.07) is 3.93. The van der Waals surface area contributed by atoms with Crippen LogP contribution < -0.4 is 10.5 Å². The fraction of sp³-hybridized carbons (Fsp3) is 0.538. The van der Waals surface area contributed by atoms with Crippen LogP contribution in [-0.4, -0.2) is 14.2 Å². The molecule has 106 valence electrons. The number of hydrogen-bond acceptors (Lipinski definition) is 3. The Kier molecular flexibility index (Phi) is 4.29. The summed E-state index contributed by atoms with van der Waals surface area (Å²) >= 11 is 0. The van der Waals surface area contributed by atoms with E-state index in [-0.39, 0.29) is 23.0 Å². The number of benzene rings is 1. The van der Waals surface area contributed by atoms with E-state index in [1.807, 2.05) is 0 Å². The van der Waals surface area contributed by atoms with Gasteiger partial charge in [0, 0.05) is 6.07 Å². The number of rotatable bonds is 4. The molecule has 1 fully saturated rings. The Bertz CT molecular complexity index is 540. The van der Waals surface area contributed by atoms with Crippen molar-refractivity contribution < 1.29 is 12.8 Å². The predicted molar refractivity (Wildman–Crippen MR) is 74.8 cm³/mol. The first-order valence-corrected chi connectivity index (χ1v) is 8.17. The zero-order valence-corrected chi connectivity index (χ0v) is 11.5. The molecular formula is C13H19FN2O2S. The van der Waals surface area contributed by atoms with E-state index in [9.17, 15) is 12.8 Å². The Hall–Kier alpha value is -1.30. The van der Waals surface area contributed by atoms with Crippen molar-refractivity contribution in [3.05, 3.63) is 24.0 Å². The number of halogens is 1. The van der Waals surface area contributed by atoms with Gasteiger partial charge in [-0.05, 0) is 30.9 Å². The molecule has 1 aromatic rings. The van der Waals surface area contributed by atoms with Gasteiger partial charge in [0.2, 0.25) is 10.0 Å². The minimum Gasteiger partial charge on any atom is -0.396 e. The maximum absolute atomic E-state index is 13.3. The minimum atomic E-state index is -3.42. The van der Waals surface area contributed by atoms with E-state index in [4.69, 9.17) is 5.73 Å². The second-order valence-corrected chi connectivity index (χ2v) is 6.89. The first kappa shape index (κ1) is 14.1. The van der Waals surface area contributed by atoms with Crippen molar-refractivity contribution in [2.75, 3.05) is 16.2 Å². The molecule has 4 nitrogen and oxygen atoms in total.